The Balaban J connectivity index is 2.32. The molecule has 0 spiro atoms. The summed E-state index contributed by atoms with van der Waals surface area (Å²) in [5.74, 6) is 0.590. The van der Waals surface area contributed by atoms with Crippen LogP contribution in [0.5, 0.6) is 5.75 Å². The third-order valence-electron chi connectivity index (χ3n) is 2.46. The van der Waals surface area contributed by atoms with Gasteiger partial charge in [0.15, 0.2) is 0 Å². The second-order valence-electron chi connectivity index (χ2n) is 3.78. The molecule has 1 atom stereocenters. The van der Waals surface area contributed by atoms with Crippen LogP contribution >= 0.6 is 0 Å². The van der Waals surface area contributed by atoms with Crippen LogP contribution in [0.15, 0.2) is 18.2 Å². The predicted molar refractivity (Wildman–Crippen MR) is 55.8 cm³/mol. The van der Waals surface area contributed by atoms with Crippen LogP contribution in [0.3, 0.4) is 0 Å². The second kappa shape index (κ2) is 3.93. The van der Waals surface area contributed by atoms with E-state index in [0.717, 1.165) is 23.3 Å². The maximum atomic E-state index is 10.9. The minimum atomic E-state index is -0.241. The number of rotatable bonds is 1. The minimum absolute atomic E-state index is 0.147. The molecular formula is C12H14O3. The second-order valence-corrected chi connectivity index (χ2v) is 3.78. The van der Waals surface area contributed by atoms with Gasteiger partial charge in [0, 0.05) is 18.9 Å². The number of benzene rings is 1. The summed E-state index contributed by atoms with van der Waals surface area (Å²) >= 11 is 0. The molecule has 1 aliphatic heterocycles. The summed E-state index contributed by atoms with van der Waals surface area (Å²) in [5, 5.41) is 0. The normalized spacial score (nSPS) is 18.9. The van der Waals surface area contributed by atoms with E-state index < -0.39 is 0 Å². The number of hydrogen-bond donors (Lipinski definition) is 0. The molecule has 0 bridgehead atoms. The van der Waals surface area contributed by atoms with E-state index in [1.165, 1.54) is 6.92 Å². The van der Waals surface area contributed by atoms with Crippen LogP contribution in [-0.4, -0.2) is 12.6 Å². The first-order valence-electron chi connectivity index (χ1n) is 5.07. The summed E-state index contributed by atoms with van der Waals surface area (Å²) in [5.41, 5.74) is 2.13. The molecule has 15 heavy (non-hydrogen) atoms. The molecule has 0 aliphatic carbocycles. The third kappa shape index (κ3) is 2.12. The average molecular weight is 206 g/mol. The summed E-state index contributed by atoms with van der Waals surface area (Å²) in [4.78, 5) is 10.9. The molecule has 80 valence electrons. The lowest BCUT2D eigenvalue weighted by Crippen LogP contribution is -2.18. The first-order chi connectivity index (χ1) is 7.16. The van der Waals surface area contributed by atoms with Gasteiger partial charge in [0.2, 0.25) is 0 Å². The topological polar surface area (TPSA) is 35.5 Å². The van der Waals surface area contributed by atoms with E-state index in [9.17, 15) is 4.79 Å². The molecule has 0 N–H and O–H groups in total. The molecule has 1 heterocycles. The zero-order chi connectivity index (χ0) is 10.8. The van der Waals surface area contributed by atoms with Crippen LogP contribution in [-0.2, 0) is 9.53 Å². The van der Waals surface area contributed by atoms with E-state index in [0.29, 0.717) is 6.61 Å². The van der Waals surface area contributed by atoms with Gasteiger partial charge in [-0.1, -0.05) is 11.6 Å². The van der Waals surface area contributed by atoms with Crippen molar-refractivity contribution in [3.05, 3.63) is 29.3 Å². The van der Waals surface area contributed by atoms with Gasteiger partial charge < -0.3 is 9.47 Å². The number of ether oxygens (including phenoxy) is 2. The quantitative estimate of drug-likeness (QED) is 0.662. The minimum Gasteiger partial charge on any atom is -0.493 e. The van der Waals surface area contributed by atoms with Gasteiger partial charge in [-0.2, -0.15) is 0 Å². The fraction of sp³-hybridized carbons (Fsp3) is 0.417. The molecule has 0 fully saturated rings. The molecule has 0 aromatic heterocycles. The fourth-order valence-corrected chi connectivity index (χ4v) is 1.81. The zero-order valence-electron chi connectivity index (χ0n) is 8.95. The van der Waals surface area contributed by atoms with Gasteiger partial charge >= 0.3 is 5.97 Å². The molecule has 3 nitrogen and oxygen atoms in total. The van der Waals surface area contributed by atoms with Gasteiger partial charge in [-0.25, -0.2) is 0 Å². The Morgan fingerprint density at radius 3 is 3.07 bits per heavy atom. The SMILES string of the molecule is CC(=O)O[C@@H]1CCOc2ccc(C)cc21. The highest BCUT2D eigenvalue weighted by Gasteiger charge is 2.23. The molecule has 1 aromatic carbocycles. The lowest BCUT2D eigenvalue weighted by Gasteiger charge is -2.25. The maximum absolute atomic E-state index is 10.9. The monoisotopic (exact) mass is 206 g/mol. The van der Waals surface area contributed by atoms with Crippen LogP contribution in [0, 0.1) is 6.92 Å². The van der Waals surface area contributed by atoms with Crippen molar-refractivity contribution in [3.8, 4) is 5.75 Å². The van der Waals surface area contributed by atoms with E-state index in [1.54, 1.807) is 0 Å². The highest BCUT2D eigenvalue weighted by molar-refractivity contribution is 5.66. The Morgan fingerprint density at radius 1 is 1.53 bits per heavy atom. The highest BCUT2D eigenvalue weighted by atomic mass is 16.5. The van der Waals surface area contributed by atoms with Crippen molar-refractivity contribution in [2.24, 2.45) is 0 Å². The van der Waals surface area contributed by atoms with Crippen molar-refractivity contribution in [2.45, 2.75) is 26.4 Å². The van der Waals surface area contributed by atoms with Gasteiger partial charge in [-0.05, 0) is 19.1 Å². The predicted octanol–water partition coefficient (Wildman–Crippen LogP) is 2.38. The van der Waals surface area contributed by atoms with E-state index in [2.05, 4.69) is 0 Å². The van der Waals surface area contributed by atoms with Crippen LogP contribution in [0.4, 0.5) is 0 Å². The van der Waals surface area contributed by atoms with Crippen molar-refractivity contribution in [1.29, 1.82) is 0 Å². The van der Waals surface area contributed by atoms with Crippen molar-refractivity contribution >= 4 is 5.97 Å². The first kappa shape index (κ1) is 10.0. The van der Waals surface area contributed by atoms with E-state index in [4.69, 9.17) is 9.47 Å². The maximum Gasteiger partial charge on any atom is 0.303 e. The third-order valence-corrected chi connectivity index (χ3v) is 2.46. The summed E-state index contributed by atoms with van der Waals surface area (Å²) in [6.07, 6.45) is 0.585. The van der Waals surface area contributed by atoms with Crippen LogP contribution in [0.2, 0.25) is 0 Å². The molecule has 0 saturated heterocycles. The van der Waals surface area contributed by atoms with E-state index in [1.807, 2.05) is 25.1 Å². The van der Waals surface area contributed by atoms with E-state index in [-0.39, 0.29) is 12.1 Å². The smallest absolute Gasteiger partial charge is 0.303 e. The standard InChI is InChI=1S/C12H14O3/c1-8-3-4-11-10(7-8)12(5-6-14-11)15-9(2)13/h3-4,7,12H,5-6H2,1-2H3/t12-/m1/s1. The van der Waals surface area contributed by atoms with Crippen molar-refractivity contribution < 1.29 is 14.3 Å². The molecule has 1 aliphatic rings. The number of aryl methyl sites for hydroxylation is 1. The number of esters is 1. The fourth-order valence-electron chi connectivity index (χ4n) is 1.81. The van der Waals surface area contributed by atoms with Gasteiger partial charge in [0.1, 0.15) is 11.9 Å². The Bertz CT molecular complexity index is 384. The first-order valence-corrected chi connectivity index (χ1v) is 5.07. The largest absolute Gasteiger partial charge is 0.493 e. The summed E-state index contributed by atoms with van der Waals surface area (Å²) in [6, 6.07) is 5.94. The molecule has 2 rings (SSSR count). The van der Waals surface area contributed by atoms with Crippen molar-refractivity contribution in [3.63, 3.8) is 0 Å². The lowest BCUT2D eigenvalue weighted by molar-refractivity contribution is -0.148. The van der Waals surface area contributed by atoms with Gasteiger partial charge in [-0.15, -0.1) is 0 Å². The number of fused-ring (bicyclic) bond motifs is 1. The van der Waals surface area contributed by atoms with Gasteiger partial charge in [0.05, 0.1) is 6.61 Å². The Morgan fingerprint density at radius 2 is 2.33 bits per heavy atom. The molecule has 0 saturated carbocycles. The zero-order valence-corrected chi connectivity index (χ0v) is 8.95. The Labute approximate surface area is 89.0 Å². The summed E-state index contributed by atoms with van der Waals surface area (Å²) in [6.45, 7) is 4.05. The molecule has 0 amide bonds. The Kier molecular flexibility index (Phi) is 2.62. The van der Waals surface area contributed by atoms with Crippen LogP contribution in [0.25, 0.3) is 0 Å². The molecular weight excluding hydrogens is 192 g/mol. The van der Waals surface area contributed by atoms with Crippen molar-refractivity contribution in [1.82, 2.24) is 0 Å². The highest BCUT2D eigenvalue weighted by Crippen LogP contribution is 2.34. The number of carbonyl (C=O) groups is 1. The average Bonchev–Trinajstić information content (AvgIpc) is 2.18. The number of hydrogen-bond acceptors (Lipinski definition) is 3. The van der Waals surface area contributed by atoms with E-state index >= 15 is 0 Å². The Hall–Kier alpha value is -1.51. The molecule has 1 aromatic rings. The molecule has 0 unspecified atom stereocenters. The molecule has 3 heteroatoms. The number of carbonyl (C=O) groups excluding carboxylic acids is 1. The van der Waals surface area contributed by atoms with Gasteiger partial charge in [0.25, 0.3) is 0 Å². The van der Waals surface area contributed by atoms with Crippen LogP contribution < -0.4 is 4.74 Å². The van der Waals surface area contributed by atoms with Crippen molar-refractivity contribution in [2.75, 3.05) is 6.61 Å². The summed E-state index contributed by atoms with van der Waals surface area (Å²) in [7, 11) is 0. The lowest BCUT2D eigenvalue weighted by atomic mass is 10.0. The van der Waals surface area contributed by atoms with Crippen LogP contribution in [0.1, 0.15) is 30.6 Å². The van der Waals surface area contributed by atoms with Gasteiger partial charge in [-0.3, -0.25) is 4.79 Å². The summed E-state index contributed by atoms with van der Waals surface area (Å²) < 4.78 is 10.8. The molecule has 0 radical (unpaired) electrons.